The molecule has 2 aliphatic rings. The molecule has 3 heterocycles. The number of fused-ring (bicyclic) bond motifs is 1. The summed E-state index contributed by atoms with van der Waals surface area (Å²) in [6, 6.07) is 49.0. The Kier molecular flexibility index (Phi) is 12.3. The van der Waals surface area contributed by atoms with E-state index in [1.807, 2.05) is 120 Å². The first-order chi connectivity index (χ1) is 30.4. The van der Waals surface area contributed by atoms with Crippen molar-refractivity contribution in [2.24, 2.45) is 5.92 Å². The van der Waals surface area contributed by atoms with Crippen LogP contribution >= 0.6 is 0 Å². The Morgan fingerprint density at radius 3 is 2.23 bits per heavy atom. The first kappa shape index (κ1) is 40.9. The second-order valence-electron chi connectivity index (χ2n) is 16.2. The van der Waals surface area contributed by atoms with E-state index >= 15 is 0 Å². The minimum Gasteiger partial charge on any atom is -0.457 e. The molecule has 2 saturated heterocycles. The minimum absolute atomic E-state index is 0.0148. The zero-order valence-electron chi connectivity index (χ0n) is 34.7. The Morgan fingerprint density at radius 1 is 0.758 bits per heavy atom. The molecule has 9 rings (SSSR count). The number of aromatic nitrogens is 2. The summed E-state index contributed by atoms with van der Waals surface area (Å²) in [5.74, 6) is 1.49. The molecular formula is C51H51N5O6. The van der Waals surface area contributed by atoms with Crippen LogP contribution in [-0.4, -0.2) is 51.3 Å². The molecule has 0 saturated carbocycles. The van der Waals surface area contributed by atoms with Crippen molar-refractivity contribution >= 4 is 22.8 Å². The van der Waals surface area contributed by atoms with Crippen LogP contribution in [0.15, 0.2) is 156 Å². The highest BCUT2D eigenvalue weighted by Gasteiger charge is 2.39. The van der Waals surface area contributed by atoms with Gasteiger partial charge in [-0.25, -0.2) is 9.59 Å². The zero-order valence-corrected chi connectivity index (χ0v) is 34.7. The Hall–Kier alpha value is -6.50. The smallest absolute Gasteiger partial charge is 0.326 e. The molecule has 62 heavy (non-hydrogen) atoms. The van der Waals surface area contributed by atoms with E-state index in [1.54, 1.807) is 0 Å². The number of carbonyl (C=O) groups excluding carboxylic acids is 1. The van der Waals surface area contributed by atoms with Crippen LogP contribution in [0.5, 0.6) is 11.5 Å². The maximum absolute atomic E-state index is 12.9. The number of aliphatic hydroxyl groups is 1. The molecule has 2 aliphatic heterocycles. The van der Waals surface area contributed by atoms with E-state index in [1.165, 1.54) is 0 Å². The van der Waals surface area contributed by atoms with E-state index in [9.17, 15) is 14.7 Å². The lowest BCUT2D eigenvalue weighted by Gasteiger charge is -2.44. The molecular weight excluding hydrogens is 779 g/mol. The van der Waals surface area contributed by atoms with Crippen molar-refractivity contribution in [1.29, 1.82) is 0 Å². The van der Waals surface area contributed by atoms with Gasteiger partial charge in [0.05, 0.1) is 29.8 Å². The van der Waals surface area contributed by atoms with Crippen LogP contribution < -0.4 is 21.1 Å². The van der Waals surface area contributed by atoms with Gasteiger partial charge in [-0.05, 0) is 95.3 Å². The number of nitrogens with one attached hydrogen (secondary N) is 3. The van der Waals surface area contributed by atoms with E-state index in [0.717, 1.165) is 82.6 Å². The van der Waals surface area contributed by atoms with Gasteiger partial charge in [-0.3, -0.25) is 4.57 Å². The maximum atomic E-state index is 12.9. The lowest BCUT2D eigenvalue weighted by atomic mass is 9.89. The van der Waals surface area contributed by atoms with Crippen LogP contribution in [0.1, 0.15) is 60.5 Å². The first-order valence-corrected chi connectivity index (χ1v) is 21.4. The largest absolute Gasteiger partial charge is 0.457 e. The first-order valence-electron chi connectivity index (χ1n) is 21.4. The third kappa shape index (κ3) is 9.36. The summed E-state index contributed by atoms with van der Waals surface area (Å²) in [6.45, 7) is 5.00. The van der Waals surface area contributed by atoms with Gasteiger partial charge in [-0.2, -0.15) is 0 Å². The molecule has 1 aromatic heterocycles. The van der Waals surface area contributed by atoms with Crippen molar-refractivity contribution in [3.63, 3.8) is 0 Å². The lowest BCUT2D eigenvalue weighted by Crippen LogP contribution is -2.47. The number of H-pyrrole nitrogens is 1. The Bertz CT molecular complexity index is 2640. The second kappa shape index (κ2) is 18.6. The number of aliphatic hydroxyl groups excluding tert-OH is 1. The third-order valence-corrected chi connectivity index (χ3v) is 12.1. The molecule has 0 aliphatic carbocycles. The van der Waals surface area contributed by atoms with Gasteiger partial charge >= 0.3 is 11.7 Å². The molecule has 0 radical (unpaired) electrons. The highest BCUT2D eigenvalue weighted by Crippen LogP contribution is 2.42. The number of anilines is 1. The van der Waals surface area contributed by atoms with Gasteiger partial charge in [0.2, 0.25) is 0 Å². The van der Waals surface area contributed by atoms with E-state index in [2.05, 4.69) is 63.8 Å². The number of urea groups is 1. The normalized spacial score (nSPS) is 19.6. The molecule has 0 spiro atoms. The van der Waals surface area contributed by atoms with Crippen molar-refractivity contribution in [2.75, 3.05) is 25.0 Å². The molecule has 6 aromatic carbocycles. The quantitative estimate of drug-likeness (QED) is 0.0965. The molecule has 0 unspecified atom stereocenters. The number of ether oxygens (including phenoxy) is 3. The van der Waals surface area contributed by atoms with Gasteiger partial charge in [0.1, 0.15) is 11.5 Å². The summed E-state index contributed by atoms with van der Waals surface area (Å²) in [7, 11) is 0. The van der Waals surface area contributed by atoms with Crippen molar-refractivity contribution in [1.82, 2.24) is 19.8 Å². The van der Waals surface area contributed by atoms with Crippen molar-refractivity contribution in [2.45, 2.75) is 57.5 Å². The number of piperidine rings is 1. The van der Waals surface area contributed by atoms with Crippen molar-refractivity contribution in [3.8, 4) is 22.6 Å². The number of benzene rings is 6. The highest BCUT2D eigenvalue weighted by atomic mass is 16.7. The number of hydrogen-bond donors (Lipinski definition) is 4. The van der Waals surface area contributed by atoms with Gasteiger partial charge in [0.25, 0.3) is 0 Å². The fraction of sp³-hybridized carbons (Fsp3) is 0.255. The molecule has 11 heteroatoms. The average molecular weight is 830 g/mol. The summed E-state index contributed by atoms with van der Waals surface area (Å²) >= 11 is 0. The summed E-state index contributed by atoms with van der Waals surface area (Å²) in [4.78, 5) is 31.2. The van der Waals surface area contributed by atoms with E-state index in [0.29, 0.717) is 18.0 Å². The minimum atomic E-state index is -0.586. The lowest BCUT2D eigenvalue weighted by molar-refractivity contribution is -0.276. The number of carbonyl (C=O) groups is 1. The van der Waals surface area contributed by atoms with Crippen molar-refractivity contribution < 1.29 is 24.1 Å². The fourth-order valence-corrected chi connectivity index (χ4v) is 8.66. The fourth-order valence-electron chi connectivity index (χ4n) is 8.66. The van der Waals surface area contributed by atoms with Gasteiger partial charge in [0.15, 0.2) is 6.29 Å². The number of para-hydroxylation sites is 3. The predicted molar refractivity (Wildman–Crippen MR) is 241 cm³/mol. The SMILES string of the molecule is C[C@H]1[C@@H](CN2CCC(n3c(=O)[nH]c4ccccc43)CC2)O[C@@H](c2ccc(-c3cccc(CNC(=O)Nc4ccc(Oc5ccccc5)cc4)c3)cc2)O[C@H]1c1ccc(CO)cc1. The van der Waals surface area contributed by atoms with Gasteiger partial charge < -0.3 is 39.8 Å². The number of aromatic amines is 1. The third-order valence-electron chi connectivity index (χ3n) is 12.1. The molecule has 316 valence electrons. The van der Waals surface area contributed by atoms with Gasteiger partial charge in [-0.15, -0.1) is 0 Å². The van der Waals surface area contributed by atoms with E-state index in [-0.39, 0.29) is 42.5 Å². The number of hydrogen-bond acceptors (Lipinski definition) is 7. The number of imidazole rings is 1. The maximum Gasteiger partial charge on any atom is 0.326 e. The number of amides is 2. The second-order valence-corrected chi connectivity index (χ2v) is 16.2. The molecule has 4 N–H and O–H groups in total. The number of nitrogens with zero attached hydrogens (tertiary/aromatic N) is 2. The molecule has 2 fully saturated rings. The topological polar surface area (TPSA) is 130 Å². The molecule has 4 atom stereocenters. The zero-order chi connectivity index (χ0) is 42.4. The molecule has 11 nitrogen and oxygen atoms in total. The standard InChI is InChI=1S/C51H51N5O6/c1-34-47(32-55-28-26-42(27-29-55)56-46-13-6-5-12-45(46)54-51(56)59)61-49(62-48(34)38-16-14-35(33-57)15-17-38)39-20-18-37(19-21-39)40-9-7-8-36(30-40)31-52-50(58)53-41-22-24-44(25-23-41)60-43-10-3-2-4-11-43/h2-25,30,34,42,47-49,57H,26-29,31-33H2,1H3,(H,54,59)(H2,52,53,58)/t34-,47+,48+,49+/m0/s1. The number of likely N-dealkylation sites (tertiary alicyclic amines) is 1. The van der Waals surface area contributed by atoms with E-state index < -0.39 is 6.29 Å². The summed E-state index contributed by atoms with van der Waals surface area (Å²) in [5, 5.41) is 15.6. The number of rotatable bonds is 12. The molecule has 2 amide bonds. The van der Waals surface area contributed by atoms with E-state index in [4.69, 9.17) is 14.2 Å². The van der Waals surface area contributed by atoms with Gasteiger partial charge in [-0.1, -0.05) is 104 Å². The monoisotopic (exact) mass is 829 g/mol. The Balaban J connectivity index is 0.841. The van der Waals surface area contributed by atoms with Gasteiger partial charge in [0, 0.05) is 49.4 Å². The molecule has 0 bridgehead atoms. The van der Waals surface area contributed by atoms with Crippen LogP contribution in [-0.2, 0) is 22.6 Å². The Labute approximate surface area is 360 Å². The Morgan fingerprint density at radius 2 is 1.47 bits per heavy atom. The summed E-state index contributed by atoms with van der Waals surface area (Å²) < 4.78 is 21.4. The van der Waals surface area contributed by atoms with Crippen LogP contribution in [0.4, 0.5) is 10.5 Å². The van der Waals surface area contributed by atoms with Crippen LogP contribution in [0.3, 0.4) is 0 Å². The highest BCUT2D eigenvalue weighted by molar-refractivity contribution is 5.89. The molecule has 7 aromatic rings. The predicted octanol–water partition coefficient (Wildman–Crippen LogP) is 9.73. The summed E-state index contributed by atoms with van der Waals surface area (Å²) in [5.41, 5.74) is 8.31. The van der Waals surface area contributed by atoms with Crippen LogP contribution in [0, 0.1) is 5.92 Å². The average Bonchev–Trinajstić information content (AvgIpc) is 3.66. The van der Waals surface area contributed by atoms with Crippen LogP contribution in [0.25, 0.3) is 22.2 Å². The van der Waals surface area contributed by atoms with Crippen LogP contribution in [0.2, 0.25) is 0 Å². The van der Waals surface area contributed by atoms with Crippen molar-refractivity contribution in [3.05, 3.63) is 184 Å². The summed E-state index contributed by atoms with van der Waals surface area (Å²) in [6.07, 6.45) is 0.833.